The van der Waals surface area contributed by atoms with Crippen molar-refractivity contribution < 1.29 is 14.6 Å². The maximum absolute atomic E-state index is 10.6. The van der Waals surface area contributed by atoms with Crippen molar-refractivity contribution in [2.24, 2.45) is 0 Å². The predicted octanol–water partition coefficient (Wildman–Crippen LogP) is 3.76. The maximum atomic E-state index is 10.6. The highest BCUT2D eigenvalue weighted by molar-refractivity contribution is 5.66. The summed E-state index contributed by atoms with van der Waals surface area (Å²) in [5.74, 6) is 0.835. The molecule has 3 heteroatoms. The molecule has 1 aliphatic rings. The molecule has 0 aliphatic heterocycles. The number of ether oxygens (including phenoxy) is 1. The van der Waals surface area contributed by atoms with Gasteiger partial charge in [-0.2, -0.15) is 0 Å². The van der Waals surface area contributed by atoms with E-state index in [2.05, 4.69) is 12.1 Å². The largest absolute Gasteiger partial charge is 0.496 e. The molecular weight excluding hydrogens is 240 g/mol. The molecule has 3 nitrogen and oxygen atoms in total. The van der Waals surface area contributed by atoms with Crippen molar-refractivity contribution >= 4 is 5.97 Å². The van der Waals surface area contributed by atoms with E-state index in [0.717, 1.165) is 17.7 Å². The number of hydrogen-bond donors (Lipinski definition) is 1. The molecule has 19 heavy (non-hydrogen) atoms. The molecule has 104 valence electrons. The van der Waals surface area contributed by atoms with Gasteiger partial charge in [-0.25, -0.2) is 0 Å². The number of rotatable bonds is 6. The Morgan fingerprint density at radius 3 is 2.74 bits per heavy atom. The van der Waals surface area contributed by atoms with E-state index in [4.69, 9.17) is 9.84 Å². The van der Waals surface area contributed by atoms with Gasteiger partial charge in [0.05, 0.1) is 7.11 Å². The molecule has 1 N–H and O–H groups in total. The van der Waals surface area contributed by atoms with Crippen molar-refractivity contribution in [3.05, 3.63) is 29.3 Å². The third-order valence-corrected chi connectivity index (χ3v) is 3.97. The number of benzene rings is 1. The molecular formula is C16H22O3. The van der Waals surface area contributed by atoms with E-state index in [1.54, 1.807) is 7.11 Å². The van der Waals surface area contributed by atoms with Crippen molar-refractivity contribution in [1.82, 2.24) is 0 Å². The third-order valence-electron chi connectivity index (χ3n) is 3.97. The Labute approximate surface area is 114 Å². The molecule has 1 aromatic carbocycles. The summed E-state index contributed by atoms with van der Waals surface area (Å²) in [5.41, 5.74) is 2.54. The number of hydrogen-bond acceptors (Lipinski definition) is 2. The molecule has 0 heterocycles. The van der Waals surface area contributed by atoms with E-state index in [9.17, 15) is 4.79 Å². The standard InChI is InChI=1S/C16H22O3/c1-19-15-10-9-13(12-5-2-3-6-12)11-14(15)7-4-8-16(17)18/h9-12H,2-8H2,1H3,(H,17,18). The minimum atomic E-state index is -0.731. The van der Waals surface area contributed by atoms with Crippen LogP contribution in [0.3, 0.4) is 0 Å². The highest BCUT2D eigenvalue weighted by Gasteiger charge is 2.18. The minimum Gasteiger partial charge on any atom is -0.496 e. The van der Waals surface area contributed by atoms with Crippen LogP contribution in [0.5, 0.6) is 5.75 Å². The van der Waals surface area contributed by atoms with Gasteiger partial charge < -0.3 is 9.84 Å². The summed E-state index contributed by atoms with van der Waals surface area (Å²) < 4.78 is 5.37. The Morgan fingerprint density at radius 2 is 2.11 bits per heavy atom. The minimum absolute atomic E-state index is 0.219. The molecule has 1 fully saturated rings. The van der Waals surface area contributed by atoms with Gasteiger partial charge in [0.1, 0.15) is 5.75 Å². The maximum Gasteiger partial charge on any atom is 0.303 e. The highest BCUT2D eigenvalue weighted by Crippen LogP contribution is 2.36. The van der Waals surface area contributed by atoms with Crippen molar-refractivity contribution in [1.29, 1.82) is 0 Å². The van der Waals surface area contributed by atoms with Crippen LogP contribution in [0, 0.1) is 0 Å². The van der Waals surface area contributed by atoms with Gasteiger partial charge >= 0.3 is 5.97 Å². The SMILES string of the molecule is COc1ccc(C2CCCC2)cc1CCCC(=O)O. The zero-order valence-corrected chi connectivity index (χ0v) is 11.5. The molecule has 1 saturated carbocycles. The van der Waals surface area contributed by atoms with Crippen LogP contribution in [0.1, 0.15) is 55.6 Å². The summed E-state index contributed by atoms with van der Waals surface area (Å²) >= 11 is 0. The van der Waals surface area contributed by atoms with Crippen LogP contribution in [0.2, 0.25) is 0 Å². The van der Waals surface area contributed by atoms with Crippen LogP contribution in [0.15, 0.2) is 18.2 Å². The Hall–Kier alpha value is -1.51. The third kappa shape index (κ3) is 3.72. The number of carboxylic acids is 1. The summed E-state index contributed by atoms with van der Waals surface area (Å²) in [6.07, 6.45) is 6.87. The second kappa shape index (κ2) is 6.60. The lowest BCUT2D eigenvalue weighted by Crippen LogP contribution is -2.00. The first kappa shape index (κ1) is 13.9. The Morgan fingerprint density at radius 1 is 1.37 bits per heavy atom. The monoisotopic (exact) mass is 262 g/mol. The van der Waals surface area contributed by atoms with Gasteiger partial charge in [0.25, 0.3) is 0 Å². The van der Waals surface area contributed by atoms with Gasteiger partial charge in [0.15, 0.2) is 0 Å². The molecule has 0 spiro atoms. The molecule has 0 aromatic heterocycles. The molecule has 2 rings (SSSR count). The summed E-state index contributed by atoms with van der Waals surface area (Å²) in [4.78, 5) is 10.6. The molecule has 0 unspecified atom stereocenters. The summed E-state index contributed by atoms with van der Waals surface area (Å²) in [7, 11) is 1.67. The summed E-state index contributed by atoms with van der Waals surface area (Å²) in [5, 5.41) is 8.71. The van der Waals surface area contributed by atoms with E-state index in [0.29, 0.717) is 12.3 Å². The fourth-order valence-electron chi connectivity index (χ4n) is 2.94. The number of carboxylic acid groups (broad SMARTS) is 1. The van der Waals surface area contributed by atoms with E-state index in [1.165, 1.54) is 31.2 Å². The van der Waals surface area contributed by atoms with Gasteiger partial charge in [-0.3, -0.25) is 4.79 Å². The number of aliphatic carboxylic acids is 1. The number of methoxy groups -OCH3 is 1. The Balaban J connectivity index is 2.09. The first-order valence-corrected chi connectivity index (χ1v) is 7.09. The summed E-state index contributed by atoms with van der Waals surface area (Å²) in [6.45, 7) is 0. The number of carbonyl (C=O) groups is 1. The average molecular weight is 262 g/mol. The van der Waals surface area contributed by atoms with Crippen LogP contribution >= 0.6 is 0 Å². The van der Waals surface area contributed by atoms with Crippen molar-refractivity contribution in [2.75, 3.05) is 7.11 Å². The molecule has 1 aromatic rings. The van der Waals surface area contributed by atoms with Gasteiger partial charge in [-0.1, -0.05) is 25.0 Å². The average Bonchev–Trinajstić information content (AvgIpc) is 2.92. The normalized spacial score (nSPS) is 15.6. The van der Waals surface area contributed by atoms with Crippen molar-refractivity contribution in [2.45, 2.75) is 50.9 Å². The zero-order valence-electron chi connectivity index (χ0n) is 11.5. The van der Waals surface area contributed by atoms with E-state index >= 15 is 0 Å². The molecule has 0 saturated heterocycles. The second-order valence-corrected chi connectivity index (χ2v) is 5.30. The van der Waals surface area contributed by atoms with Crippen LogP contribution < -0.4 is 4.74 Å². The molecule has 0 radical (unpaired) electrons. The second-order valence-electron chi connectivity index (χ2n) is 5.30. The lowest BCUT2D eigenvalue weighted by atomic mass is 9.94. The van der Waals surface area contributed by atoms with E-state index < -0.39 is 5.97 Å². The topological polar surface area (TPSA) is 46.5 Å². The Bertz CT molecular complexity index is 434. The van der Waals surface area contributed by atoms with Crippen LogP contribution in [0.25, 0.3) is 0 Å². The van der Waals surface area contributed by atoms with E-state index in [-0.39, 0.29) is 6.42 Å². The fraction of sp³-hybridized carbons (Fsp3) is 0.562. The van der Waals surface area contributed by atoms with Crippen LogP contribution in [0.4, 0.5) is 0 Å². The smallest absolute Gasteiger partial charge is 0.303 e. The fourth-order valence-corrected chi connectivity index (χ4v) is 2.94. The highest BCUT2D eigenvalue weighted by atomic mass is 16.5. The van der Waals surface area contributed by atoms with Crippen LogP contribution in [-0.4, -0.2) is 18.2 Å². The molecule has 0 amide bonds. The first-order chi connectivity index (χ1) is 9.20. The first-order valence-electron chi connectivity index (χ1n) is 7.09. The lowest BCUT2D eigenvalue weighted by molar-refractivity contribution is -0.137. The Kier molecular flexibility index (Phi) is 4.83. The number of aryl methyl sites for hydroxylation is 1. The van der Waals surface area contributed by atoms with Crippen LogP contribution in [-0.2, 0) is 11.2 Å². The van der Waals surface area contributed by atoms with E-state index in [1.807, 2.05) is 6.07 Å². The van der Waals surface area contributed by atoms with Gasteiger partial charge in [0.2, 0.25) is 0 Å². The van der Waals surface area contributed by atoms with Crippen molar-refractivity contribution in [3.8, 4) is 5.75 Å². The van der Waals surface area contributed by atoms with Crippen molar-refractivity contribution in [3.63, 3.8) is 0 Å². The molecule has 0 atom stereocenters. The van der Waals surface area contributed by atoms with Gasteiger partial charge in [-0.15, -0.1) is 0 Å². The molecule has 1 aliphatic carbocycles. The van der Waals surface area contributed by atoms with Gasteiger partial charge in [0, 0.05) is 6.42 Å². The molecule has 0 bridgehead atoms. The zero-order chi connectivity index (χ0) is 13.7. The lowest BCUT2D eigenvalue weighted by Gasteiger charge is -2.14. The van der Waals surface area contributed by atoms with Gasteiger partial charge in [-0.05, 0) is 48.8 Å². The predicted molar refractivity (Wildman–Crippen MR) is 74.8 cm³/mol. The quantitative estimate of drug-likeness (QED) is 0.849. The summed E-state index contributed by atoms with van der Waals surface area (Å²) in [6, 6.07) is 6.41.